The molecule has 2 aromatic carbocycles. The lowest BCUT2D eigenvalue weighted by Gasteiger charge is -2.45. The maximum atomic E-state index is 14.4. The van der Waals surface area contributed by atoms with Crippen molar-refractivity contribution < 1.29 is 13.9 Å². The molecule has 0 spiro atoms. The smallest absolute Gasteiger partial charge is 0.186 e. The second-order valence-electron chi connectivity index (χ2n) is 5.67. The van der Waals surface area contributed by atoms with E-state index in [2.05, 4.69) is 0 Å². The third-order valence-electron chi connectivity index (χ3n) is 4.17. The van der Waals surface area contributed by atoms with Gasteiger partial charge >= 0.3 is 0 Å². The molecule has 1 heterocycles. The van der Waals surface area contributed by atoms with Gasteiger partial charge in [-0.15, -0.1) is 0 Å². The van der Waals surface area contributed by atoms with Crippen LogP contribution in [0.4, 0.5) is 14.5 Å². The van der Waals surface area contributed by atoms with E-state index in [0.717, 1.165) is 5.69 Å². The number of hydrogen-bond acceptors (Lipinski definition) is 2. The van der Waals surface area contributed by atoms with Gasteiger partial charge in [0.1, 0.15) is 5.82 Å². The predicted molar refractivity (Wildman–Crippen MR) is 90.5 cm³/mol. The molecule has 2 nitrogen and oxygen atoms in total. The number of alkyl halides is 1. The van der Waals surface area contributed by atoms with E-state index in [1.165, 1.54) is 17.0 Å². The first kappa shape index (κ1) is 16.0. The van der Waals surface area contributed by atoms with Crippen LogP contribution in [0.15, 0.2) is 54.6 Å². The minimum absolute atomic E-state index is 0.344. The number of halogens is 2. The lowest BCUT2D eigenvalue weighted by Crippen LogP contribution is -2.58. The van der Waals surface area contributed by atoms with Crippen LogP contribution in [0.3, 0.4) is 0 Å². The first-order valence-electron chi connectivity index (χ1n) is 7.53. The summed E-state index contributed by atoms with van der Waals surface area (Å²) in [6, 6.07) is 14.9. The Balaban J connectivity index is 1.57. The first-order valence-corrected chi connectivity index (χ1v) is 7.94. The molecule has 0 aromatic heterocycles. The van der Waals surface area contributed by atoms with Crippen LogP contribution < -0.4 is 4.90 Å². The van der Waals surface area contributed by atoms with Crippen LogP contribution in [0.25, 0.3) is 0 Å². The molecule has 5 heteroatoms. The van der Waals surface area contributed by atoms with Crippen LogP contribution in [-0.4, -0.2) is 16.4 Å². The Morgan fingerprint density at radius 2 is 1.74 bits per heavy atom. The molecule has 23 heavy (non-hydrogen) atoms. The highest BCUT2D eigenvalue weighted by molar-refractivity contribution is 7.80. The number of para-hydroxylation sites is 1. The zero-order valence-electron chi connectivity index (χ0n) is 12.4. The minimum atomic E-state index is -1.16. The van der Waals surface area contributed by atoms with Gasteiger partial charge in [-0.2, -0.15) is 0 Å². The van der Waals surface area contributed by atoms with Crippen LogP contribution in [0.1, 0.15) is 24.5 Å². The summed E-state index contributed by atoms with van der Waals surface area (Å²) in [7, 11) is 0. The van der Waals surface area contributed by atoms with Crippen molar-refractivity contribution in [2.45, 2.75) is 25.2 Å². The zero-order valence-corrected chi connectivity index (χ0v) is 13.2. The van der Waals surface area contributed by atoms with Gasteiger partial charge in [-0.05, 0) is 42.7 Å². The van der Waals surface area contributed by atoms with E-state index in [1.807, 2.05) is 30.3 Å². The minimum Gasteiger partial charge on any atom is -0.388 e. The molecular formula is C18H17F2NOS. The Labute approximate surface area is 139 Å². The lowest BCUT2D eigenvalue weighted by molar-refractivity contribution is 0.145. The standard InChI is InChI=1S/C18H17F2NOS/c19-13-8-6-12(7-9-13)16(22)11-10-15-17(20)21(18(15)23)14-4-2-1-3-5-14/h1-9,15-17,22H,10-11H2. The van der Waals surface area contributed by atoms with E-state index in [-0.39, 0.29) is 11.7 Å². The van der Waals surface area contributed by atoms with E-state index in [9.17, 15) is 13.9 Å². The number of aliphatic hydroxyl groups excluding tert-OH is 1. The maximum Gasteiger partial charge on any atom is 0.186 e. The Kier molecular flexibility index (Phi) is 4.68. The van der Waals surface area contributed by atoms with E-state index >= 15 is 0 Å². The molecule has 120 valence electrons. The maximum absolute atomic E-state index is 14.4. The van der Waals surface area contributed by atoms with Crippen molar-refractivity contribution in [3.8, 4) is 0 Å². The van der Waals surface area contributed by atoms with Gasteiger partial charge in [0, 0.05) is 5.69 Å². The Morgan fingerprint density at radius 1 is 1.09 bits per heavy atom. The van der Waals surface area contributed by atoms with Gasteiger partial charge in [-0.25, -0.2) is 8.78 Å². The highest BCUT2D eigenvalue weighted by Crippen LogP contribution is 2.38. The molecule has 0 radical (unpaired) electrons. The first-order chi connectivity index (χ1) is 11.1. The summed E-state index contributed by atoms with van der Waals surface area (Å²) < 4.78 is 27.3. The number of benzene rings is 2. The number of thiocarbonyl (C=S) groups is 1. The number of hydrogen-bond donors (Lipinski definition) is 1. The number of anilines is 1. The quantitative estimate of drug-likeness (QED) is 0.648. The normalized spacial score (nSPS) is 21.9. The fourth-order valence-corrected chi connectivity index (χ4v) is 3.26. The van der Waals surface area contributed by atoms with Crippen LogP contribution in [0, 0.1) is 11.7 Å². The Hall–Kier alpha value is -1.85. The van der Waals surface area contributed by atoms with Gasteiger partial charge in [0.05, 0.1) is 17.0 Å². The van der Waals surface area contributed by atoms with Crippen LogP contribution >= 0.6 is 12.2 Å². The number of nitrogens with zero attached hydrogens (tertiary/aromatic N) is 1. The van der Waals surface area contributed by atoms with Crippen molar-refractivity contribution in [3.63, 3.8) is 0 Å². The number of aliphatic hydroxyl groups is 1. The van der Waals surface area contributed by atoms with Crippen molar-refractivity contribution in [1.29, 1.82) is 0 Å². The van der Waals surface area contributed by atoms with Gasteiger partial charge in [0.25, 0.3) is 0 Å². The second kappa shape index (κ2) is 6.72. The van der Waals surface area contributed by atoms with E-state index in [0.29, 0.717) is 23.4 Å². The molecule has 2 aromatic rings. The molecule has 0 aliphatic carbocycles. The second-order valence-corrected chi connectivity index (χ2v) is 6.09. The summed E-state index contributed by atoms with van der Waals surface area (Å²) in [5.41, 5.74) is 1.38. The summed E-state index contributed by atoms with van der Waals surface area (Å²) in [5.74, 6) is -0.705. The highest BCUT2D eigenvalue weighted by atomic mass is 32.1. The average Bonchev–Trinajstić information content (AvgIpc) is 2.56. The average molecular weight is 333 g/mol. The summed E-state index contributed by atoms with van der Waals surface area (Å²) >= 11 is 5.33. The van der Waals surface area contributed by atoms with Crippen LogP contribution in [0.5, 0.6) is 0 Å². The van der Waals surface area contributed by atoms with Crippen LogP contribution in [0.2, 0.25) is 0 Å². The molecule has 0 amide bonds. The number of rotatable bonds is 5. The monoisotopic (exact) mass is 333 g/mol. The molecule has 1 fully saturated rings. The predicted octanol–water partition coefficient (Wildman–Crippen LogP) is 4.40. The molecule has 0 bridgehead atoms. The van der Waals surface area contributed by atoms with E-state index in [4.69, 9.17) is 12.2 Å². The van der Waals surface area contributed by atoms with Crippen molar-refractivity contribution in [2.75, 3.05) is 4.90 Å². The molecule has 0 saturated carbocycles. The van der Waals surface area contributed by atoms with Crippen molar-refractivity contribution in [3.05, 3.63) is 66.0 Å². The molecule has 1 N–H and O–H groups in total. The third kappa shape index (κ3) is 3.26. The molecule has 3 rings (SSSR count). The van der Waals surface area contributed by atoms with Crippen LogP contribution in [-0.2, 0) is 0 Å². The van der Waals surface area contributed by atoms with Gasteiger partial charge in [0.15, 0.2) is 6.30 Å². The topological polar surface area (TPSA) is 23.5 Å². The highest BCUT2D eigenvalue weighted by Gasteiger charge is 2.44. The summed E-state index contributed by atoms with van der Waals surface area (Å²) in [6.07, 6.45) is -1.05. The van der Waals surface area contributed by atoms with E-state index < -0.39 is 12.4 Å². The molecule has 1 saturated heterocycles. The van der Waals surface area contributed by atoms with E-state index in [1.54, 1.807) is 12.1 Å². The fourth-order valence-electron chi connectivity index (χ4n) is 2.82. The Morgan fingerprint density at radius 3 is 2.35 bits per heavy atom. The SMILES string of the molecule is OC(CCC1C(=S)N(c2ccccc2)C1F)c1ccc(F)cc1. The largest absolute Gasteiger partial charge is 0.388 e. The molecule has 3 atom stereocenters. The molecular weight excluding hydrogens is 316 g/mol. The summed E-state index contributed by atoms with van der Waals surface area (Å²) in [6.45, 7) is 0. The van der Waals surface area contributed by atoms with Crippen molar-refractivity contribution in [2.24, 2.45) is 5.92 Å². The van der Waals surface area contributed by atoms with Gasteiger partial charge in [0.2, 0.25) is 0 Å². The summed E-state index contributed by atoms with van der Waals surface area (Å²) in [4.78, 5) is 2.07. The Bertz CT molecular complexity index is 677. The van der Waals surface area contributed by atoms with Gasteiger partial charge in [-0.3, -0.25) is 0 Å². The van der Waals surface area contributed by atoms with Gasteiger partial charge in [-0.1, -0.05) is 42.5 Å². The summed E-state index contributed by atoms with van der Waals surface area (Å²) in [5, 5.41) is 10.1. The van der Waals surface area contributed by atoms with Gasteiger partial charge < -0.3 is 10.0 Å². The zero-order chi connectivity index (χ0) is 16.4. The van der Waals surface area contributed by atoms with Crippen molar-refractivity contribution in [1.82, 2.24) is 0 Å². The molecule has 1 aliphatic heterocycles. The lowest BCUT2D eigenvalue weighted by atomic mass is 9.89. The third-order valence-corrected chi connectivity index (χ3v) is 4.67. The fraction of sp³-hybridized carbons (Fsp3) is 0.278. The van der Waals surface area contributed by atoms with Crippen molar-refractivity contribution >= 4 is 22.9 Å². The molecule has 3 unspecified atom stereocenters. The molecule has 1 aliphatic rings.